The van der Waals surface area contributed by atoms with E-state index in [0.29, 0.717) is 27.7 Å². The van der Waals surface area contributed by atoms with Gasteiger partial charge < -0.3 is 5.32 Å². The molecule has 8 heteroatoms. The summed E-state index contributed by atoms with van der Waals surface area (Å²) in [5.74, 6) is -0.245. The van der Waals surface area contributed by atoms with Gasteiger partial charge in [-0.15, -0.1) is 0 Å². The van der Waals surface area contributed by atoms with Crippen LogP contribution in [0.25, 0.3) is 16.9 Å². The standard InChI is InChI=1S/C20H19ClN4O3/c1-3-13(2)22-20(26)19-12-18(14-4-8-17(9-5-14)25(27)28)23-24(19)16-10-6-15(21)7-11-16/h4-13H,3H2,1-2H3,(H,22,26). The number of aromatic nitrogens is 2. The van der Waals surface area contributed by atoms with E-state index in [1.54, 1.807) is 47.1 Å². The number of amides is 1. The molecule has 0 saturated carbocycles. The maximum absolute atomic E-state index is 12.8. The minimum Gasteiger partial charge on any atom is -0.348 e. The first kappa shape index (κ1) is 19.6. The Bertz CT molecular complexity index is 997. The number of nitro groups is 1. The van der Waals surface area contributed by atoms with Crippen LogP contribution in [0.5, 0.6) is 0 Å². The number of rotatable bonds is 6. The van der Waals surface area contributed by atoms with Crippen LogP contribution in [0.3, 0.4) is 0 Å². The van der Waals surface area contributed by atoms with Gasteiger partial charge in [0.25, 0.3) is 11.6 Å². The number of benzene rings is 2. The van der Waals surface area contributed by atoms with Gasteiger partial charge >= 0.3 is 0 Å². The SMILES string of the molecule is CCC(C)NC(=O)c1cc(-c2ccc([N+](=O)[O-])cc2)nn1-c1ccc(Cl)cc1. The lowest BCUT2D eigenvalue weighted by molar-refractivity contribution is -0.384. The normalized spacial score (nSPS) is 11.8. The molecule has 2 aromatic carbocycles. The predicted octanol–water partition coefficient (Wildman–Crippen LogP) is 4.63. The number of non-ortho nitro benzene ring substituents is 1. The fourth-order valence-corrected chi connectivity index (χ4v) is 2.74. The van der Waals surface area contributed by atoms with Crippen LogP contribution in [0, 0.1) is 10.1 Å². The maximum Gasteiger partial charge on any atom is 0.270 e. The molecule has 1 unspecified atom stereocenters. The molecule has 3 aromatic rings. The van der Waals surface area contributed by atoms with E-state index in [-0.39, 0.29) is 17.6 Å². The van der Waals surface area contributed by atoms with Crippen LogP contribution in [0.2, 0.25) is 5.02 Å². The van der Waals surface area contributed by atoms with Crippen molar-refractivity contribution in [2.75, 3.05) is 0 Å². The van der Waals surface area contributed by atoms with Crippen LogP contribution in [0.4, 0.5) is 5.69 Å². The van der Waals surface area contributed by atoms with Gasteiger partial charge in [0.1, 0.15) is 5.69 Å². The quantitative estimate of drug-likeness (QED) is 0.484. The van der Waals surface area contributed by atoms with Gasteiger partial charge in [-0.1, -0.05) is 18.5 Å². The van der Waals surface area contributed by atoms with Gasteiger partial charge in [-0.2, -0.15) is 5.10 Å². The molecule has 144 valence electrons. The topological polar surface area (TPSA) is 90.1 Å². The van der Waals surface area contributed by atoms with Crippen molar-refractivity contribution in [2.24, 2.45) is 0 Å². The Labute approximate surface area is 167 Å². The van der Waals surface area contributed by atoms with Crippen molar-refractivity contribution >= 4 is 23.2 Å². The largest absolute Gasteiger partial charge is 0.348 e. The van der Waals surface area contributed by atoms with Crippen LogP contribution >= 0.6 is 11.6 Å². The molecule has 1 amide bonds. The first-order valence-corrected chi connectivity index (χ1v) is 9.18. The molecule has 3 rings (SSSR count). The highest BCUT2D eigenvalue weighted by atomic mass is 35.5. The fraction of sp³-hybridized carbons (Fsp3) is 0.200. The summed E-state index contributed by atoms with van der Waals surface area (Å²) < 4.78 is 1.55. The highest BCUT2D eigenvalue weighted by molar-refractivity contribution is 6.30. The Kier molecular flexibility index (Phi) is 5.75. The molecular formula is C20H19ClN4O3. The number of nitro benzene ring substituents is 1. The molecule has 7 nitrogen and oxygen atoms in total. The van der Waals surface area contributed by atoms with Crippen LogP contribution < -0.4 is 5.32 Å². The van der Waals surface area contributed by atoms with Crippen LogP contribution in [-0.4, -0.2) is 26.7 Å². The number of nitrogens with zero attached hydrogens (tertiary/aromatic N) is 3. The van der Waals surface area contributed by atoms with Gasteiger partial charge in [-0.3, -0.25) is 14.9 Å². The van der Waals surface area contributed by atoms with E-state index < -0.39 is 4.92 Å². The molecule has 1 heterocycles. The minimum atomic E-state index is -0.457. The molecule has 0 aliphatic carbocycles. The Balaban J connectivity index is 2.05. The first-order valence-electron chi connectivity index (χ1n) is 8.80. The van der Waals surface area contributed by atoms with E-state index in [1.165, 1.54) is 12.1 Å². The van der Waals surface area contributed by atoms with Crippen molar-refractivity contribution in [1.82, 2.24) is 15.1 Å². The van der Waals surface area contributed by atoms with E-state index in [2.05, 4.69) is 10.4 Å². The van der Waals surface area contributed by atoms with Crippen molar-refractivity contribution in [3.63, 3.8) is 0 Å². The van der Waals surface area contributed by atoms with E-state index in [0.717, 1.165) is 6.42 Å². The summed E-state index contributed by atoms with van der Waals surface area (Å²) in [7, 11) is 0. The molecule has 0 saturated heterocycles. The monoisotopic (exact) mass is 398 g/mol. The molecule has 0 aliphatic rings. The lowest BCUT2D eigenvalue weighted by Crippen LogP contribution is -2.33. The number of hydrogen-bond acceptors (Lipinski definition) is 4. The molecule has 28 heavy (non-hydrogen) atoms. The second kappa shape index (κ2) is 8.22. The smallest absolute Gasteiger partial charge is 0.270 e. The Hall–Kier alpha value is -3.19. The average Bonchev–Trinajstić information content (AvgIpc) is 3.14. The van der Waals surface area contributed by atoms with E-state index in [4.69, 9.17) is 11.6 Å². The first-order chi connectivity index (χ1) is 13.4. The van der Waals surface area contributed by atoms with Crippen LogP contribution in [0.15, 0.2) is 54.6 Å². The number of hydrogen-bond donors (Lipinski definition) is 1. The molecule has 0 spiro atoms. The van der Waals surface area contributed by atoms with Crippen molar-refractivity contribution in [3.8, 4) is 16.9 Å². The summed E-state index contributed by atoms with van der Waals surface area (Å²) >= 11 is 5.97. The lowest BCUT2D eigenvalue weighted by Gasteiger charge is -2.12. The van der Waals surface area contributed by atoms with Crippen molar-refractivity contribution in [2.45, 2.75) is 26.3 Å². The Morgan fingerprint density at radius 2 is 1.86 bits per heavy atom. The number of nitrogens with one attached hydrogen (secondary N) is 1. The van der Waals surface area contributed by atoms with E-state index in [1.807, 2.05) is 13.8 Å². The molecule has 0 fully saturated rings. The summed E-state index contributed by atoms with van der Waals surface area (Å²) in [6.45, 7) is 3.92. The molecule has 1 aromatic heterocycles. The molecular weight excluding hydrogens is 380 g/mol. The summed E-state index contributed by atoms with van der Waals surface area (Å²) in [5, 5.41) is 18.9. The molecule has 0 aliphatic heterocycles. The fourth-order valence-electron chi connectivity index (χ4n) is 2.62. The van der Waals surface area contributed by atoms with E-state index in [9.17, 15) is 14.9 Å². The lowest BCUT2D eigenvalue weighted by atomic mass is 10.1. The Morgan fingerprint density at radius 3 is 2.43 bits per heavy atom. The van der Waals surface area contributed by atoms with Crippen LogP contribution in [-0.2, 0) is 0 Å². The summed E-state index contributed by atoms with van der Waals surface area (Å²) in [6.07, 6.45) is 0.802. The second-order valence-electron chi connectivity index (χ2n) is 6.39. The predicted molar refractivity (Wildman–Crippen MR) is 108 cm³/mol. The van der Waals surface area contributed by atoms with Crippen molar-refractivity contribution in [1.29, 1.82) is 0 Å². The van der Waals surface area contributed by atoms with Gasteiger partial charge in [-0.25, -0.2) is 4.68 Å². The number of halogens is 1. The second-order valence-corrected chi connectivity index (χ2v) is 6.83. The molecule has 0 radical (unpaired) electrons. The van der Waals surface area contributed by atoms with Gasteiger partial charge in [0.2, 0.25) is 0 Å². The van der Waals surface area contributed by atoms with Crippen LogP contribution in [0.1, 0.15) is 30.8 Å². The zero-order valence-electron chi connectivity index (χ0n) is 15.4. The Morgan fingerprint density at radius 1 is 1.21 bits per heavy atom. The van der Waals surface area contributed by atoms with E-state index >= 15 is 0 Å². The minimum absolute atomic E-state index is 0.00405. The zero-order chi connectivity index (χ0) is 20.3. The van der Waals surface area contributed by atoms with Crippen molar-refractivity contribution < 1.29 is 9.72 Å². The summed E-state index contributed by atoms with van der Waals surface area (Å²) in [4.78, 5) is 23.2. The summed E-state index contributed by atoms with van der Waals surface area (Å²) in [6, 6.07) is 14.7. The average molecular weight is 399 g/mol. The molecule has 1 atom stereocenters. The third-order valence-electron chi connectivity index (χ3n) is 4.38. The highest BCUT2D eigenvalue weighted by Gasteiger charge is 2.19. The zero-order valence-corrected chi connectivity index (χ0v) is 16.2. The van der Waals surface area contributed by atoms with Gasteiger partial charge in [0.05, 0.1) is 16.3 Å². The highest BCUT2D eigenvalue weighted by Crippen LogP contribution is 2.24. The van der Waals surface area contributed by atoms with Gasteiger partial charge in [-0.05, 0) is 55.8 Å². The summed E-state index contributed by atoms with van der Waals surface area (Å²) in [5.41, 5.74) is 2.27. The number of carbonyl (C=O) groups is 1. The maximum atomic E-state index is 12.8. The third-order valence-corrected chi connectivity index (χ3v) is 4.63. The van der Waals surface area contributed by atoms with Crippen molar-refractivity contribution in [3.05, 3.63) is 75.4 Å². The third kappa shape index (κ3) is 4.20. The van der Waals surface area contributed by atoms with Gasteiger partial charge in [0, 0.05) is 28.8 Å². The molecule has 0 bridgehead atoms. The van der Waals surface area contributed by atoms with Gasteiger partial charge in [0.15, 0.2) is 0 Å². The molecule has 1 N–H and O–H groups in total. The number of carbonyl (C=O) groups excluding carboxylic acids is 1.